The fourth-order valence-electron chi connectivity index (χ4n) is 3.18. The topological polar surface area (TPSA) is 3.24 Å². The number of piperidine rings is 1. The van der Waals surface area contributed by atoms with Crippen molar-refractivity contribution in [3.8, 4) is 0 Å². The summed E-state index contributed by atoms with van der Waals surface area (Å²) in [7, 11) is 0. The van der Waals surface area contributed by atoms with Crippen LogP contribution >= 0.6 is 0 Å². The van der Waals surface area contributed by atoms with Crippen LogP contribution in [0.25, 0.3) is 0 Å². The Hall–Kier alpha value is -1.60. The molecular formula is C19H24N+. The van der Waals surface area contributed by atoms with E-state index in [1.807, 2.05) is 0 Å². The summed E-state index contributed by atoms with van der Waals surface area (Å²) in [6, 6.07) is 21.8. The number of nitrogens with zero attached hydrogens (tertiary/aromatic N) is 1. The largest absolute Gasteiger partial charge is 1.00 e. The summed E-state index contributed by atoms with van der Waals surface area (Å²) in [5.74, 6) is 0. The molecule has 0 unspecified atom stereocenters. The van der Waals surface area contributed by atoms with Crippen LogP contribution in [0.3, 0.4) is 0 Å². The van der Waals surface area contributed by atoms with E-state index in [-0.39, 0.29) is 1.43 Å². The van der Waals surface area contributed by atoms with Crippen molar-refractivity contribution < 1.29 is 1.43 Å². The minimum atomic E-state index is 0. The first kappa shape index (κ1) is 13.4. The van der Waals surface area contributed by atoms with Crippen LogP contribution in [0, 0.1) is 0 Å². The molecule has 0 saturated carbocycles. The number of hydrogen-bond acceptors (Lipinski definition) is 1. The summed E-state index contributed by atoms with van der Waals surface area (Å²) in [5.41, 5.74) is 3.28. The normalized spacial score (nSPS) is 18.9. The van der Waals surface area contributed by atoms with Crippen LogP contribution in [0.2, 0.25) is 0 Å². The van der Waals surface area contributed by atoms with Crippen molar-refractivity contribution in [1.82, 2.24) is 4.90 Å². The van der Waals surface area contributed by atoms with Gasteiger partial charge in [0.25, 0.3) is 0 Å². The molecule has 2 aromatic rings. The first-order valence-electron chi connectivity index (χ1n) is 7.58. The number of likely N-dealkylation sites (tertiary alicyclic amines) is 1. The van der Waals surface area contributed by atoms with Crippen molar-refractivity contribution in [3.05, 3.63) is 71.8 Å². The molecule has 1 heterocycles. The molecular weight excluding hydrogens is 242 g/mol. The second kappa shape index (κ2) is 5.80. The van der Waals surface area contributed by atoms with Gasteiger partial charge in [0.05, 0.1) is 0 Å². The standard InChI is InChI=1S/C19H23N/c1-19(18-10-6-3-7-11-18)12-14-20(15-13-19)16-17-8-4-2-5-9-17/h2-11H,12-16H2,1H3/p+1. The summed E-state index contributed by atoms with van der Waals surface area (Å²) in [5, 5.41) is 0. The third kappa shape index (κ3) is 2.94. The van der Waals surface area contributed by atoms with Crippen LogP contribution < -0.4 is 0 Å². The molecule has 0 amide bonds. The van der Waals surface area contributed by atoms with Gasteiger partial charge in [-0.1, -0.05) is 67.6 Å². The monoisotopic (exact) mass is 266 g/mol. The van der Waals surface area contributed by atoms with Gasteiger partial charge >= 0.3 is 1.43 Å². The highest BCUT2D eigenvalue weighted by Crippen LogP contribution is 2.35. The lowest BCUT2D eigenvalue weighted by Gasteiger charge is -2.40. The van der Waals surface area contributed by atoms with Crippen molar-refractivity contribution in [2.45, 2.75) is 31.7 Å². The molecule has 3 rings (SSSR count). The van der Waals surface area contributed by atoms with E-state index >= 15 is 0 Å². The Morgan fingerprint density at radius 1 is 0.900 bits per heavy atom. The highest BCUT2D eigenvalue weighted by molar-refractivity contribution is 5.25. The third-order valence-electron chi connectivity index (χ3n) is 4.68. The van der Waals surface area contributed by atoms with E-state index in [0.717, 1.165) is 6.54 Å². The molecule has 1 aliphatic rings. The van der Waals surface area contributed by atoms with Gasteiger partial charge < -0.3 is 0 Å². The summed E-state index contributed by atoms with van der Waals surface area (Å²) >= 11 is 0. The molecule has 0 radical (unpaired) electrons. The van der Waals surface area contributed by atoms with Crippen molar-refractivity contribution in [2.75, 3.05) is 13.1 Å². The fraction of sp³-hybridized carbons (Fsp3) is 0.368. The van der Waals surface area contributed by atoms with Crippen LogP contribution in [0.4, 0.5) is 0 Å². The summed E-state index contributed by atoms with van der Waals surface area (Å²) in [6.45, 7) is 5.90. The molecule has 0 aromatic heterocycles. The van der Waals surface area contributed by atoms with Crippen molar-refractivity contribution in [3.63, 3.8) is 0 Å². The van der Waals surface area contributed by atoms with Crippen LogP contribution in [-0.2, 0) is 12.0 Å². The van der Waals surface area contributed by atoms with Gasteiger partial charge in [0.15, 0.2) is 0 Å². The van der Waals surface area contributed by atoms with Crippen LogP contribution in [-0.4, -0.2) is 18.0 Å². The average Bonchev–Trinajstić information content (AvgIpc) is 2.52. The lowest BCUT2D eigenvalue weighted by Crippen LogP contribution is -2.40. The second-order valence-corrected chi connectivity index (χ2v) is 6.19. The van der Waals surface area contributed by atoms with Crippen LogP contribution in [0.1, 0.15) is 32.3 Å². The van der Waals surface area contributed by atoms with Gasteiger partial charge in [-0.05, 0) is 42.5 Å². The minimum absolute atomic E-state index is 0. The zero-order valence-corrected chi connectivity index (χ0v) is 12.3. The minimum Gasteiger partial charge on any atom is -0.299 e. The molecule has 0 atom stereocenters. The number of hydrogen-bond donors (Lipinski definition) is 0. The van der Waals surface area contributed by atoms with Gasteiger partial charge in [-0.2, -0.15) is 0 Å². The SMILES string of the molecule is CC1(c2ccccc2)CCN(Cc2ccccc2)CC1.[H+]. The maximum Gasteiger partial charge on any atom is 1.00 e. The van der Waals surface area contributed by atoms with E-state index in [1.54, 1.807) is 0 Å². The molecule has 2 aromatic carbocycles. The van der Waals surface area contributed by atoms with Crippen LogP contribution in [0.15, 0.2) is 60.7 Å². The number of benzene rings is 2. The smallest absolute Gasteiger partial charge is 0.299 e. The first-order valence-corrected chi connectivity index (χ1v) is 7.58. The Balaban J connectivity index is 0.00000161. The first-order chi connectivity index (χ1) is 9.76. The predicted molar refractivity (Wildman–Crippen MR) is 85.9 cm³/mol. The van der Waals surface area contributed by atoms with E-state index in [2.05, 4.69) is 72.5 Å². The lowest BCUT2D eigenvalue weighted by molar-refractivity contribution is 0.162. The average molecular weight is 266 g/mol. The Bertz CT molecular complexity index is 530. The molecule has 20 heavy (non-hydrogen) atoms. The fourth-order valence-corrected chi connectivity index (χ4v) is 3.18. The molecule has 1 aliphatic heterocycles. The quantitative estimate of drug-likeness (QED) is 0.798. The summed E-state index contributed by atoms with van der Waals surface area (Å²) in [4.78, 5) is 2.58. The molecule has 0 N–H and O–H groups in total. The highest BCUT2D eigenvalue weighted by Gasteiger charge is 2.31. The van der Waals surface area contributed by atoms with Crippen molar-refractivity contribution in [2.24, 2.45) is 0 Å². The van der Waals surface area contributed by atoms with Gasteiger partial charge in [0.1, 0.15) is 0 Å². The van der Waals surface area contributed by atoms with E-state index in [9.17, 15) is 0 Å². The molecule has 104 valence electrons. The highest BCUT2D eigenvalue weighted by atomic mass is 15.1. The van der Waals surface area contributed by atoms with Gasteiger partial charge in [-0.25, -0.2) is 0 Å². The van der Waals surface area contributed by atoms with E-state index in [1.165, 1.54) is 37.1 Å². The maximum absolute atomic E-state index is 2.58. The zero-order chi connectivity index (χ0) is 13.8. The second-order valence-electron chi connectivity index (χ2n) is 6.19. The summed E-state index contributed by atoms with van der Waals surface area (Å²) < 4.78 is 0. The molecule has 1 heteroatoms. The summed E-state index contributed by atoms with van der Waals surface area (Å²) in [6.07, 6.45) is 2.51. The van der Waals surface area contributed by atoms with Crippen molar-refractivity contribution >= 4 is 0 Å². The van der Waals surface area contributed by atoms with Gasteiger partial charge in [0.2, 0.25) is 0 Å². The van der Waals surface area contributed by atoms with E-state index < -0.39 is 0 Å². The Morgan fingerprint density at radius 3 is 2.05 bits per heavy atom. The Kier molecular flexibility index (Phi) is 3.88. The van der Waals surface area contributed by atoms with E-state index in [0.29, 0.717) is 5.41 Å². The Morgan fingerprint density at radius 2 is 1.45 bits per heavy atom. The molecule has 1 nitrogen and oxygen atoms in total. The lowest BCUT2D eigenvalue weighted by atomic mass is 9.74. The van der Waals surface area contributed by atoms with Crippen molar-refractivity contribution in [1.29, 1.82) is 0 Å². The van der Waals surface area contributed by atoms with Gasteiger partial charge in [-0.3, -0.25) is 4.90 Å². The van der Waals surface area contributed by atoms with Gasteiger partial charge in [0, 0.05) is 6.54 Å². The molecule has 0 spiro atoms. The maximum atomic E-state index is 2.58. The Labute approximate surface area is 123 Å². The molecule has 1 saturated heterocycles. The molecule has 0 aliphatic carbocycles. The third-order valence-corrected chi connectivity index (χ3v) is 4.68. The number of rotatable bonds is 3. The predicted octanol–water partition coefficient (Wildman–Crippen LogP) is 4.35. The molecule has 0 bridgehead atoms. The zero-order valence-electron chi connectivity index (χ0n) is 13.3. The van der Waals surface area contributed by atoms with E-state index in [4.69, 9.17) is 0 Å². The van der Waals surface area contributed by atoms with Gasteiger partial charge in [-0.15, -0.1) is 0 Å². The molecule has 1 fully saturated rings. The van der Waals surface area contributed by atoms with Crippen LogP contribution in [0.5, 0.6) is 0 Å².